The van der Waals surface area contributed by atoms with Crippen molar-refractivity contribution in [1.29, 1.82) is 0 Å². The number of carbonyl (C=O) groups is 1. The summed E-state index contributed by atoms with van der Waals surface area (Å²) in [5.74, 6) is 0.229. The molecule has 1 rings (SSSR count). The summed E-state index contributed by atoms with van der Waals surface area (Å²) in [5, 5.41) is 3.07. The highest BCUT2D eigenvalue weighted by atomic mass is 16.1. The lowest BCUT2D eigenvalue weighted by Gasteiger charge is -2.05. The van der Waals surface area contributed by atoms with E-state index in [0.29, 0.717) is 6.42 Å². The number of amides is 1. The fraction of sp³-hybridized carbons (Fsp3) is 0.679. The number of allylic oxidation sites excluding steroid dienone is 2. The van der Waals surface area contributed by atoms with Crippen LogP contribution in [0.3, 0.4) is 0 Å². The molecule has 0 unspecified atom stereocenters. The Hall–Kier alpha value is -1.57. The van der Waals surface area contributed by atoms with Crippen LogP contribution in [0.25, 0.3) is 0 Å². The second-order valence-corrected chi connectivity index (χ2v) is 8.63. The van der Waals surface area contributed by atoms with Crippen molar-refractivity contribution < 1.29 is 4.79 Å². The first kappa shape index (κ1) is 26.5. The minimum atomic E-state index is 0.229. The summed E-state index contributed by atoms with van der Waals surface area (Å²) in [7, 11) is 0. The molecule has 0 aromatic heterocycles. The molecule has 0 spiro atoms. The molecule has 0 atom stereocenters. The standard InChI is InChI=1S/C28H47NO/c1-2-3-4-5-6-7-8-9-10-11-12-13-14-15-19-25-28(30)29-26-21-20-24-27-22-17-16-18-23-27/h9-10,16-18,22-23H,2-8,11-15,19-21,24-26H2,1H3,(H,29,30)/b10-9+. The van der Waals surface area contributed by atoms with Crippen LogP contribution in [0.5, 0.6) is 0 Å². The average Bonchev–Trinajstić information content (AvgIpc) is 2.77. The number of benzene rings is 1. The molecule has 0 aliphatic rings. The average molecular weight is 414 g/mol. The highest BCUT2D eigenvalue weighted by Gasteiger charge is 2.00. The number of unbranched alkanes of at least 4 members (excludes halogenated alkanes) is 12. The van der Waals surface area contributed by atoms with E-state index in [4.69, 9.17) is 0 Å². The van der Waals surface area contributed by atoms with Gasteiger partial charge in [-0.15, -0.1) is 0 Å². The van der Waals surface area contributed by atoms with Gasteiger partial charge in [-0.05, 0) is 56.9 Å². The number of nitrogens with one attached hydrogen (secondary N) is 1. The van der Waals surface area contributed by atoms with Crippen LogP contribution in [0.2, 0.25) is 0 Å². The molecule has 1 aromatic carbocycles. The first-order chi connectivity index (χ1) is 14.8. The zero-order valence-corrected chi connectivity index (χ0v) is 19.7. The van der Waals surface area contributed by atoms with Crippen LogP contribution in [0.15, 0.2) is 42.5 Å². The molecule has 0 heterocycles. The molecule has 0 bridgehead atoms. The smallest absolute Gasteiger partial charge is 0.219 e. The number of carbonyl (C=O) groups excluding carboxylic acids is 1. The number of hydrogen-bond donors (Lipinski definition) is 1. The molecule has 1 N–H and O–H groups in total. The Bertz CT molecular complexity index is 523. The van der Waals surface area contributed by atoms with Gasteiger partial charge in [0, 0.05) is 13.0 Å². The van der Waals surface area contributed by atoms with Crippen LogP contribution in [0, 0.1) is 0 Å². The Kier molecular flexibility index (Phi) is 18.3. The topological polar surface area (TPSA) is 29.1 Å². The molecule has 0 fully saturated rings. The van der Waals surface area contributed by atoms with E-state index in [9.17, 15) is 4.79 Å². The number of rotatable bonds is 20. The molecule has 0 aliphatic carbocycles. The molecule has 0 saturated heterocycles. The molecule has 170 valence electrons. The molecular weight excluding hydrogens is 366 g/mol. The third kappa shape index (κ3) is 17.3. The van der Waals surface area contributed by atoms with Gasteiger partial charge in [0.2, 0.25) is 5.91 Å². The van der Waals surface area contributed by atoms with Crippen molar-refractivity contribution in [3.05, 3.63) is 48.0 Å². The molecule has 0 aliphatic heterocycles. The molecule has 1 amide bonds. The quantitative estimate of drug-likeness (QED) is 0.169. The monoisotopic (exact) mass is 413 g/mol. The Labute approximate surface area is 186 Å². The predicted octanol–water partition coefficient (Wildman–Crippen LogP) is 8.16. The minimum absolute atomic E-state index is 0.229. The predicted molar refractivity (Wildman–Crippen MR) is 132 cm³/mol. The van der Waals surface area contributed by atoms with E-state index >= 15 is 0 Å². The minimum Gasteiger partial charge on any atom is -0.356 e. The summed E-state index contributed by atoms with van der Waals surface area (Å²) in [6.45, 7) is 3.09. The van der Waals surface area contributed by atoms with Gasteiger partial charge in [0.1, 0.15) is 0 Å². The zero-order chi connectivity index (χ0) is 21.5. The van der Waals surface area contributed by atoms with Gasteiger partial charge in [-0.2, -0.15) is 0 Å². The maximum absolute atomic E-state index is 11.9. The van der Waals surface area contributed by atoms with Gasteiger partial charge < -0.3 is 5.32 Å². The summed E-state index contributed by atoms with van der Waals surface area (Å²) >= 11 is 0. The van der Waals surface area contributed by atoms with Gasteiger partial charge in [0.25, 0.3) is 0 Å². The summed E-state index contributed by atoms with van der Waals surface area (Å²) < 4.78 is 0. The van der Waals surface area contributed by atoms with Crippen LogP contribution < -0.4 is 5.32 Å². The second-order valence-electron chi connectivity index (χ2n) is 8.63. The number of hydrogen-bond acceptors (Lipinski definition) is 1. The Morgan fingerprint density at radius 1 is 0.733 bits per heavy atom. The van der Waals surface area contributed by atoms with Crippen molar-refractivity contribution in [3.63, 3.8) is 0 Å². The fourth-order valence-corrected chi connectivity index (χ4v) is 3.77. The van der Waals surface area contributed by atoms with Crippen LogP contribution in [-0.4, -0.2) is 12.5 Å². The van der Waals surface area contributed by atoms with E-state index in [1.807, 2.05) is 0 Å². The molecule has 1 aromatic rings. The molecule has 2 nitrogen and oxygen atoms in total. The van der Waals surface area contributed by atoms with Crippen LogP contribution in [-0.2, 0) is 11.2 Å². The SMILES string of the molecule is CCCCCCCC/C=C/CCCCCCCC(=O)NCCCCc1ccccc1. The summed E-state index contributed by atoms with van der Waals surface area (Å²) in [6.07, 6.45) is 25.6. The fourth-order valence-electron chi connectivity index (χ4n) is 3.77. The highest BCUT2D eigenvalue weighted by molar-refractivity contribution is 5.75. The maximum atomic E-state index is 11.9. The number of aryl methyl sites for hydroxylation is 1. The van der Waals surface area contributed by atoms with Crippen molar-refractivity contribution in [1.82, 2.24) is 5.32 Å². The van der Waals surface area contributed by atoms with Gasteiger partial charge >= 0.3 is 0 Å². The van der Waals surface area contributed by atoms with E-state index in [0.717, 1.165) is 32.2 Å². The van der Waals surface area contributed by atoms with Gasteiger partial charge in [0.05, 0.1) is 0 Å². The normalized spacial score (nSPS) is 11.2. The van der Waals surface area contributed by atoms with E-state index in [1.54, 1.807) is 0 Å². The third-order valence-electron chi connectivity index (χ3n) is 5.72. The first-order valence-corrected chi connectivity index (χ1v) is 12.8. The third-order valence-corrected chi connectivity index (χ3v) is 5.72. The largest absolute Gasteiger partial charge is 0.356 e. The molecular formula is C28H47NO. The Morgan fingerprint density at radius 2 is 1.33 bits per heavy atom. The summed E-state index contributed by atoms with van der Waals surface area (Å²) in [4.78, 5) is 11.9. The molecule has 0 radical (unpaired) electrons. The van der Waals surface area contributed by atoms with Crippen molar-refractivity contribution in [2.75, 3.05) is 6.54 Å². The van der Waals surface area contributed by atoms with Crippen LogP contribution >= 0.6 is 0 Å². The van der Waals surface area contributed by atoms with Crippen LogP contribution in [0.4, 0.5) is 0 Å². The Morgan fingerprint density at radius 3 is 2.00 bits per heavy atom. The molecule has 2 heteroatoms. The van der Waals surface area contributed by atoms with Crippen molar-refractivity contribution >= 4 is 5.91 Å². The summed E-state index contributed by atoms with van der Waals surface area (Å²) in [6, 6.07) is 10.6. The van der Waals surface area contributed by atoms with Gasteiger partial charge in [0.15, 0.2) is 0 Å². The maximum Gasteiger partial charge on any atom is 0.219 e. The Balaban J connectivity index is 1.78. The van der Waals surface area contributed by atoms with E-state index in [1.165, 1.54) is 82.6 Å². The van der Waals surface area contributed by atoms with Crippen molar-refractivity contribution in [2.45, 2.75) is 116 Å². The van der Waals surface area contributed by atoms with Crippen LogP contribution in [0.1, 0.15) is 115 Å². The molecule has 30 heavy (non-hydrogen) atoms. The highest BCUT2D eigenvalue weighted by Crippen LogP contribution is 2.10. The van der Waals surface area contributed by atoms with E-state index < -0.39 is 0 Å². The molecule has 0 saturated carbocycles. The van der Waals surface area contributed by atoms with E-state index in [2.05, 4.69) is 54.7 Å². The van der Waals surface area contributed by atoms with Crippen molar-refractivity contribution in [2.24, 2.45) is 0 Å². The second kappa shape index (κ2) is 20.7. The van der Waals surface area contributed by atoms with Gasteiger partial charge in [-0.1, -0.05) is 101 Å². The van der Waals surface area contributed by atoms with Gasteiger partial charge in [-0.3, -0.25) is 4.79 Å². The zero-order valence-electron chi connectivity index (χ0n) is 19.7. The lowest BCUT2D eigenvalue weighted by atomic mass is 10.1. The lowest BCUT2D eigenvalue weighted by Crippen LogP contribution is -2.24. The lowest BCUT2D eigenvalue weighted by molar-refractivity contribution is -0.121. The first-order valence-electron chi connectivity index (χ1n) is 12.8. The summed E-state index contributed by atoms with van der Waals surface area (Å²) in [5.41, 5.74) is 1.39. The van der Waals surface area contributed by atoms with Crippen molar-refractivity contribution in [3.8, 4) is 0 Å². The van der Waals surface area contributed by atoms with E-state index in [-0.39, 0.29) is 5.91 Å². The van der Waals surface area contributed by atoms with Gasteiger partial charge in [-0.25, -0.2) is 0 Å².